The fraction of sp³-hybridized carbons (Fsp3) is 0.257. The number of hydrogen-bond donors (Lipinski definition) is 1. The smallest absolute Gasteiger partial charge is 0.328 e. The summed E-state index contributed by atoms with van der Waals surface area (Å²) in [4.78, 5) is 29.6. The highest BCUT2D eigenvalue weighted by atomic mass is 16.5. The highest BCUT2D eigenvalue weighted by Gasteiger charge is 2.32. The van der Waals surface area contributed by atoms with E-state index in [1.54, 1.807) is 0 Å². The summed E-state index contributed by atoms with van der Waals surface area (Å²) in [6.45, 7) is 5.37. The van der Waals surface area contributed by atoms with Crippen LogP contribution in [0.4, 0.5) is 0 Å². The largest absolute Gasteiger partial charge is 0.459 e. The van der Waals surface area contributed by atoms with Crippen molar-refractivity contribution in [3.05, 3.63) is 144 Å². The molecule has 0 heterocycles. The molecule has 0 aliphatic rings. The Labute approximate surface area is 237 Å². The molecular weight excluding hydrogens is 496 g/mol. The van der Waals surface area contributed by atoms with Gasteiger partial charge in [0.05, 0.1) is 0 Å². The van der Waals surface area contributed by atoms with E-state index in [1.165, 1.54) is 0 Å². The van der Waals surface area contributed by atoms with Gasteiger partial charge in [-0.3, -0.25) is 9.69 Å². The van der Waals surface area contributed by atoms with Crippen molar-refractivity contribution >= 4 is 11.9 Å². The zero-order chi connectivity index (χ0) is 28.2. The van der Waals surface area contributed by atoms with Crippen LogP contribution in [0, 0.1) is 5.92 Å². The molecule has 0 aliphatic heterocycles. The first-order chi connectivity index (χ1) is 19.5. The van der Waals surface area contributed by atoms with Gasteiger partial charge in [0.15, 0.2) is 0 Å². The van der Waals surface area contributed by atoms with Crippen molar-refractivity contribution in [2.24, 2.45) is 5.92 Å². The Morgan fingerprint density at radius 1 is 0.675 bits per heavy atom. The molecule has 5 heteroatoms. The standard InChI is InChI=1S/C35H38N2O3/c1-27(2)23-32(35(39)40-26-30-19-11-5-12-20-30)36-34(38)33(31-21-13-6-14-22-31)37(24-28-15-7-3-8-16-28)25-29-17-9-4-10-18-29/h3-22,27,32-33H,23-26H2,1-2H3,(H,36,38)/t32-,33-/m0/s1. The Morgan fingerprint density at radius 3 is 1.60 bits per heavy atom. The van der Waals surface area contributed by atoms with Gasteiger partial charge in [0.25, 0.3) is 0 Å². The van der Waals surface area contributed by atoms with Gasteiger partial charge in [0.1, 0.15) is 18.7 Å². The first-order valence-corrected chi connectivity index (χ1v) is 13.9. The zero-order valence-electron chi connectivity index (χ0n) is 23.3. The monoisotopic (exact) mass is 534 g/mol. The normalized spacial score (nSPS) is 12.6. The maximum absolute atomic E-state index is 14.2. The molecule has 0 aliphatic carbocycles. The first-order valence-electron chi connectivity index (χ1n) is 13.9. The van der Waals surface area contributed by atoms with Crippen LogP contribution in [0.5, 0.6) is 0 Å². The van der Waals surface area contributed by atoms with Gasteiger partial charge in [-0.1, -0.05) is 135 Å². The minimum absolute atomic E-state index is 0.167. The van der Waals surface area contributed by atoms with Gasteiger partial charge in [0, 0.05) is 13.1 Å². The van der Waals surface area contributed by atoms with Gasteiger partial charge in [-0.15, -0.1) is 0 Å². The summed E-state index contributed by atoms with van der Waals surface area (Å²) in [5, 5.41) is 3.08. The quantitative estimate of drug-likeness (QED) is 0.194. The lowest BCUT2D eigenvalue weighted by atomic mass is 9.99. The SMILES string of the molecule is CC(C)C[C@H](NC(=O)[C@H](c1ccccc1)N(Cc1ccccc1)Cc1ccccc1)C(=O)OCc1ccccc1. The van der Waals surface area contributed by atoms with Crippen molar-refractivity contribution in [1.82, 2.24) is 10.2 Å². The second-order valence-electron chi connectivity index (χ2n) is 10.5. The third kappa shape index (κ3) is 8.65. The number of benzene rings is 4. The summed E-state index contributed by atoms with van der Waals surface area (Å²) < 4.78 is 5.66. The molecule has 0 saturated heterocycles. The molecule has 0 fully saturated rings. The molecular formula is C35H38N2O3. The molecule has 2 atom stereocenters. The van der Waals surface area contributed by atoms with Gasteiger partial charge < -0.3 is 10.1 Å². The van der Waals surface area contributed by atoms with E-state index >= 15 is 0 Å². The summed E-state index contributed by atoms with van der Waals surface area (Å²) in [6, 6.07) is 38.3. The van der Waals surface area contributed by atoms with E-state index < -0.39 is 18.1 Å². The van der Waals surface area contributed by atoms with E-state index in [4.69, 9.17) is 4.74 Å². The second kappa shape index (κ2) is 14.8. The van der Waals surface area contributed by atoms with Crippen LogP contribution in [0.25, 0.3) is 0 Å². The third-order valence-corrected chi connectivity index (χ3v) is 6.72. The second-order valence-corrected chi connectivity index (χ2v) is 10.5. The lowest BCUT2D eigenvalue weighted by Gasteiger charge is -2.33. The molecule has 1 N–H and O–H groups in total. The van der Waals surface area contributed by atoms with Crippen molar-refractivity contribution in [3.63, 3.8) is 0 Å². The summed E-state index contributed by atoms with van der Waals surface area (Å²) in [6.07, 6.45) is 0.484. The molecule has 0 bridgehead atoms. The van der Waals surface area contributed by atoms with Gasteiger partial charge in [-0.2, -0.15) is 0 Å². The Kier molecular flexibility index (Phi) is 10.6. The number of carbonyl (C=O) groups is 2. The lowest BCUT2D eigenvalue weighted by Crippen LogP contribution is -2.48. The van der Waals surface area contributed by atoms with Crippen molar-refractivity contribution in [2.75, 3.05) is 0 Å². The molecule has 5 nitrogen and oxygen atoms in total. The molecule has 0 unspecified atom stereocenters. The minimum atomic E-state index is -0.752. The van der Waals surface area contributed by atoms with Crippen LogP contribution in [-0.2, 0) is 34.0 Å². The van der Waals surface area contributed by atoms with Crippen LogP contribution in [-0.4, -0.2) is 22.8 Å². The molecule has 0 radical (unpaired) electrons. The third-order valence-electron chi connectivity index (χ3n) is 6.72. The molecule has 206 valence electrons. The van der Waals surface area contributed by atoms with Crippen LogP contribution in [0.1, 0.15) is 48.6 Å². The molecule has 4 aromatic carbocycles. The first kappa shape index (κ1) is 28.8. The maximum atomic E-state index is 14.2. The number of nitrogens with zero attached hydrogens (tertiary/aromatic N) is 1. The Bertz CT molecular complexity index is 1270. The number of rotatable bonds is 13. The predicted molar refractivity (Wildman–Crippen MR) is 159 cm³/mol. The Balaban J connectivity index is 1.61. The number of carbonyl (C=O) groups excluding carboxylic acids is 2. The molecule has 0 aromatic heterocycles. The van der Waals surface area contributed by atoms with Crippen LogP contribution in [0.3, 0.4) is 0 Å². The number of amides is 1. The predicted octanol–water partition coefficient (Wildman–Crippen LogP) is 6.70. The van der Waals surface area contributed by atoms with Crippen LogP contribution in [0.2, 0.25) is 0 Å². The van der Waals surface area contributed by atoms with Gasteiger partial charge >= 0.3 is 5.97 Å². The average Bonchev–Trinajstić information content (AvgIpc) is 2.97. The number of nitrogens with one attached hydrogen (secondary N) is 1. The van der Waals surface area contributed by atoms with E-state index in [0.717, 1.165) is 22.3 Å². The number of ether oxygens (including phenoxy) is 1. The van der Waals surface area contributed by atoms with E-state index in [-0.39, 0.29) is 18.4 Å². The van der Waals surface area contributed by atoms with Crippen molar-refractivity contribution in [1.29, 1.82) is 0 Å². The number of esters is 1. The lowest BCUT2D eigenvalue weighted by molar-refractivity contribution is -0.150. The van der Waals surface area contributed by atoms with Gasteiger partial charge in [-0.05, 0) is 34.6 Å². The van der Waals surface area contributed by atoms with Crippen molar-refractivity contribution < 1.29 is 14.3 Å². The van der Waals surface area contributed by atoms with E-state index in [0.29, 0.717) is 19.5 Å². The summed E-state index contributed by atoms with van der Waals surface area (Å²) in [5.41, 5.74) is 3.98. The topological polar surface area (TPSA) is 58.6 Å². The summed E-state index contributed by atoms with van der Waals surface area (Å²) in [5.74, 6) is -0.453. The van der Waals surface area contributed by atoms with E-state index in [2.05, 4.69) is 34.5 Å². The summed E-state index contributed by atoms with van der Waals surface area (Å²) in [7, 11) is 0. The molecule has 1 amide bonds. The molecule has 40 heavy (non-hydrogen) atoms. The van der Waals surface area contributed by atoms with Crippen molar-refractivity contribution in [3.8, 4) is 0 Å². The minimum Gasteiger partial charge on any atom is -0.459 e. The summed E-state index contributed by atoms with van der Waals surface area (Å²) >= 11 is 0. The molecule has 4 aromatic rings. The van der Waals surface area contributed by atoms with Crippen molar-refractivity contribution in [2.45, 2.75) is 52.0 Å². The van der Waals surface area contributed by atoms with E-state index in [9.17, 15) is 9.59 Å². The molecule has 4 rings (SSSR count). The van der Waals surface area contributed by atoms with Crippen LogP contribution >= 0.6 is 0 Å². The highest BCUT2D eigenvalue weighted by Crippen LogP contribution is 2.26. The fourth-order valence-corrected chi connectivity index (χ4v) is 4.80. The number of hydrogen-bond acceptors (Lipinski definition) is 4. The highest BCUT2D eigenvalue weighted by molar-refractivity contribution is 5.88. The van der Waals surface area contributed by atoms with Gasteiger partial charge in [-0.25, -0.2) is 4.79 Å². The van der Waals surface area contributed by atoms with Crippen LogP contribution in [0.15, 0.2) is 121 Å². The fourth-order valence-electron chi connectivity index (χ4n) is 4.80. The average molecular weight is 535 g/mol. The maximum Gasteiger partial charge on any atom is 0.328 e. The zero-order valence-corrected chi connectivity index (χ0v) is 23.3. The Morgan fingerprint density at radius 2 is 1.12 bits per heavy atom. The van der Waals surface area contributed by atoms with Gasteiger partial charge in [0.2, 0.25) is 5.91 Å². The van der Waals surface area contributed by atoms with E-state index in [1.807, 2.05) is 111 Å². The van der Waals surface area contributed by atoms with Crippen LogP contribution < -0.4 is 5.32 Å². The molecule has 0 saturated carbocycles. The Hall–Kier alpha value is -4.22. The molecule has 0 spiro atoms.